The summed E-state index contributed by atoms with van der Waals surface area (Å²) in [4.78, 5) is 18.7. The Morgan fingerprint density at radius 3 is 2.08 bits per heavy atom. The van der Waals surface area contributed by atoms with Crippen molar-refractivity contribution in [3.05, 3.63) is 0 Å². The van der Waals surface area contributed by atoms with Gasteiger partial charge in [-0.2, -0.15) is 0 Å². The third kappa shape index (κ3) is 4.68. The second-order valence-electron chi connectivity index (χ2n) is 2.33. The first kappa shape index (κ1) is 10.9. The van der Waals surface area contributed by atoms with E-state index in [-0.39, 0.29) is 12.4 Å². The Hall–Kier alpha value is -1.10. The summed E-state index contributed by atoms with van der Waals surface area (Å²) in [5.41, 5.74) is 0. The maximum absolute atomic E-state index is 10.3. The zero-order chi connectivity index (χ0) is 9.40. The van der Waals surface area contributed by atoms with E-state index in [1.54, 1.807) is 0 Å². The number of carboxylic acid groups (broad SMARTS) is 2. The Bertz CT molecular complexity index is 139. The van der Waals surface area contributed by atoms with E-state index in [4.69, 9.17) is 19.7 Å². The molecule has 0 aromatic heterocycles. The van der Waals surface area contributed by atoms with Gasteiger partial charge in [-0.25, -0.2) is 0 Å². The van der Waals surface area contributed by atoms with Gasteiger partial charge in [-0.05, 0) is 12.8 Å². The lowest BCUT2D eigenvalue weighted by molar-refractivity contribution is -0.144. The summed E-state index contributed by atoms with van der Waals surface area (Å²) >= 11 is 0. The summed E-state index contributed by atoms with van der Waals surface area (Å²) < 4.78 is 4.99. The average molecular weight is 176 g/mol. The number of ether oxygens (including phenoxy) is 1. The van der Waals surface area contributed by atoms with Crippen LogP contribution in [-0.4, -0.2) is 35.9 Å². The molecule has 70 valence electrons. The van der Waals surface area contributed by atoms with E-state index < -0.39 is 5.97 Å². The molecule has 1 aliphatic rings. The molecular weight excluding hydrogens is 164 g/mol. The summed E-state index contributed by atoms with van der Waals surface area (Å²) in [6, 6.07) is 0. The van der Waals surface area contributed by atoms with Gasteiger partial charge in [-0.3, -0.25) is 9.59 Å². The number of hydrogen-bond donors (Lipinski definition) is 2. The summed E-state index contributed by atoms with van der Waals surface area (Å²) in [5, 5.41) is 15.4. The monoisotopic (exact) mass is 176 g/mol. The van der Waals surface area contributed by atoms with Crippen molar-refractivity contribution >= 4 is 12.4 Å². The zero-order valence-electron chi connectivity index (χ0n) is 6.60. The topological polar surface area (TPSA) is 83.8 Å². The van der Waals surface area contributed by atoms with Crippen molar-refractivity contribution in [3.8, 4) is 0 Å². The Kier molecular flexibility index (Phi) is 6.00. The van der Waals surface area contributed by atoms with Crippen LogP contribution >= 0.6 is 0 Å². The number of rotatable bonds is 1. The fraction of sp³-hybridized carbons (Fsp3) is 0.714. The Morgan fingerprint density at radius 1 is 1.42 bits per heavy atom. The Labute approximate surface area is 70.0 Å². The lowest BCUT2D eigenvalue weighted by Gasteiger charge is -2.17. The molecular formula is C7H12O5. The van der Waals surface area contributed by atoms with Crippen LogP contribution in [-0.2, 0) is 14.3 Å². The van der Waals surface area contributed by atoms with Gasteiger partial charge in [0.2, 0.25) is 0 Å². The van der Waals surface area contributed by atoms with E-state index in [0.717, 1.165) is 0 Å². The third-order valence-corrected chi connectivity index (χ3v) is 1.57. The summed E-state index contributed by atoms with van der Waals surface area (Å²) in [7, 11) is 0. The molecule has 5 heteroatoms. The minimum Gasteiger partial charge on any atom is -0.483 e. The molecule has 0 unspecified atom stereocenters. The van der Waals surface area contributed by atoms with Crippen LogP contribution < -0.4 is 0 Å². The smallest absolute Gasteiger partial charge is 0.306 e. The molecule has 0 spiro atoms. The van der Waals surface area contributed by atoms with Gasteiger partial charge in [0.15, 0.2) is 0 Å². The predicted molar refractivity (Wildman–Crippen MR) is 39.9 cm³/mol. The first-order chi connectivity index (χ1) is 5.72. The van der Waals surface area contributed by atoms with E-state index in [1.165, 1.54) is 0 Å². The van der Waals surface area contributed by atoms with Gasteiger partial charge in [-0.15, -0.1) is 0 Å². The molecule has 2 N–H and O–H groups in total. The van der Waals surface area contributed by atoms with Crippen LogP contribution in [0.1, 0.15) is 12.8 Å². The molecule has 0 aromatic rings. The van der Waals surface area contributed by atoms with E-state index in [0.29, 0.717) is 26.1 Å². The largest absolute Gasteiger partial charge is 0.483 e. The molecule has 0 aliphatic carbocycles. The molecule has 12 heavy (non-hydrogen) atoms. The van der Waals surface area contributed by atoms with Crippen molar-refractivity contribution in [2.45, 2.75) is 12.8 Å². The van der Waals surface area contributed by atoms with E-state index in [1.807, 2.05) is 0 Å². The number of carbonyl (C=O) groups is 2. The molecule has 1 saturated heterocycles. The van der Waals surface area contributed by atoms with Crippen LogP contribution in [0.5, 0.6) is 0 Å². The highest BCUT2D eigenvalue weighted by Crippen LogP contribution is 2.13. The third-order valence-electron chi connectivity index (χ3n) is 1.57. The van der Waals surface area contributed by atoms with Gasteiger partial charge >= 0.3 is 5.97 Å². The standard InChI is InChI=1S/C6H10O3.CH2O2/c7-6(8)5-1-3-9-4-2-5;2-1-3/h5H,1-4H2,(H,7,8);1H,(H,2,3). The zero-order valence-corrected chi connectivity index (χ0v) is 6.60. The number of carboxylic acids is 1. The number of hydrogen-bond acceptors (Lipinski definition) is 3. The molecule has 5 nitrogen and oxygen atoms in total. The van der Waals surface area contributed by atoms with Crippen molar-refractivity contribution in [3.63, 3.8) is 0 Å². The molecule has 1 heterocycles. The molecule has 0 aromatic carbocycles. The van der Waals surface area contributed by atoms with Crippen LogP contribution in [0.25, 0.3) is 0 Å². The van der Waals surface area contributed by atoms with Crippen LogP contribution in [0.3, 0.4) is 0 Å². The number of aliphatic carboxylic acids is 1. The average Bonchev–Trinajstić information content (AvgIpc) is 2.07. The Balaban J connectivity index is 0.000000354. The van der Waals surface area contributed by atoms with Crippen LogP contribution in [0.4, 0.5) is 0 Å². The van der Waals surface area contributed by atoms with Gasteiger partial charge in [0.05, 0.1) is 5.92 Å². The first-order valence-electron chi connectivity index (χ1n) is 3.60. The normalized spacial score (nSPS) is 17.3. The molecule has 1 fully saturated rings. The van der Waals surface area contributed by atoms with Crippen molar-refractivity contribution in [1.29, 1.82) is 0 Å². The first-order valence-corrected chi connectivity index (χ1v) is 3.60. The highest BCUT2D eigenvalue weighted by Gasteiger charge is 2.19. The lowest BCUT2D eigenvalue weighted by Crippen LogP contribution is -2.22. The van der Waals surface area contributed by atoms with Crippen LogP contribution in [0.2, 0.25) is 0 Å². The molecule has 0 amide bonds. The van der Waals surface area contributed by atoms with Gasteiger partial charge in [0.1, 0.15) is 0 Å². The quantitative estimate of drug-likeness (QED) is 0.557. The second kappa shape index (κ2) is 6.60. The molecule has 0 bridgehead atoms. The fourth-order valence-corrected chi connectivity index (χ4v) is 0.945. The predicted octanol–water partition coefficient (Wildman–Crippen LogP) is 0.198. The molecule has 0 saturated carbocycles. The van der Waals surface area contributed by atoms with Gasteiger partial charge in [0.25, 0.3) is 6.47 Å². The SMILES string of the molecule is O=C(O)C1CCOCC1.O=CO. The summed E-state index contributed by atoms with van der Waals surface area (Å²) in [6.07, 6.45) is 1.35. The van der Waals surface area contributed by atoms with Crippen molar-refractivity contribution in [1.82, 2.24) is 0 Å². The van der Waals surface area contributed by atoms with E-state index in [2.05, 4.69) is 0 Å². The van der Waals surface area contributed by atoms with Gasteiger partial charge in [-0.1, -0.05) is 0 Å². The fourth-order valence-electron chi connectivity index (χ4n) is 0.945. The van der Waals surface area contributed by atoms with E-state index >= 15 is 0 Å². The summed E-state index contributed by atoms with van der Waals surface area (Å²) in [5.74, 6) is -0.836. The van der Waals surface area contributed by atoms with Crippen molar-refractivity contribution < 1.29 is 24.5 Å². The maximum Gasteiger partial charge on any atom is 0.306 e. The molecule has 1 rings (SSSR count). The summed E-state index contributed by atoms with van der Waals surface area (Å²) in [6.45, 7) is 0.966. The molecule has 0 radical (unpaired) electrons. The second-order valence-corrected chi connectivity index (χ2v) is 2.33. The van der Waals surface area contributed by atoms with Crippen molar-refractivity contribution in [2.24, 2.45) is 5.92 Å². The minimum absolute atomic E-state index is 0.154. The molecule has 1 aliphatic heterocycles. The van der Waals surface area contributed by atoms with Gasteiger partial charge in [0, 0.05) is 13.2 Å². The van der Waals surface area contributed by atoms with Crippen molar-refractivity contribution in [2.75, 3.05) is 13.2 Å². The van der Waals surface area contributed by atoms with Gasteiger partial charge < -0.3 is 14.9 Å². The van der Waals surface area contributed by atoms with Crippen LogP contribution in [0.15, 0.2) is 0 Å². The Morgan fingerprint density at radius 2 is 1.83 bits per heavy atom. The highest BCUT2D eigenvalue weighted by molar-refractivity contribution is 5.69. The van der Waals surface area contributed by atoms with Crippen LogP contribution in [0, 0.1) is 5.92 Å². The minimum atomic E-state index is -0.682. The lowest BCUT2D eigenvalue weighted by atomic mass is 10.0. The van der Waals surface area contributed by atoms with E-state index in [9.17, 15) is 4.79 Å². The highest BCUT2D eigenvalue weighted by atomic mass is 16.5. The molecule has 0 atom stereocenters. The maximum atomic E-state index is 10.3.